The smallest absolute Gasteiger partial charge is 0.330 e. The molecule has 8 bridgehead atoms. The highest BCUT2D eigenvalue weighted by atomic mass is 16.4. The minimum Gasteiger partial charge on any atom is -0.478 e. The van der Waals surface area contributed by atoms with Gasteiger partial charge in [0.05, 0.1) is 0 Å². The Kier molecular flexibility index (Phi) is 3.81. The van der Waals surface area contributed by atoms with Crippen LogP contribution < -0.4 is 0 Å². The molecule has 0 radical (unpaired) electrons. The molecule has 0 aromatic rings. The summed E-state index contributed by atoms with van der Waals surface area (Å²) in [6, 6.07) is 0. The molecule has 0 amide bonds. The minimum atomic E-state index is -0.682. The first-order valence-corrected chi connectivity index (χ1v) is 14.4. The molecule has 8 aliphatic rings. The molecule has 0 aromatic carbocycles. The Bertz CT molecular complexity index is 833. The molecule has 8 aliphatic carbocycles. The van der Waals surface area contributed by atoms with Crippen LogP contribution in [0.4, 0.5) is 0 Å². The van der Waals surface area contributed by atoms with Gasteiger partial charge in [0, 0.05) is 5.57 Å². The third-order valence-corrected chi connectivity index (χ3v) is 13.9. The number of carbonyl (C=O) groups is 1. The number of aliphatic carboxylic acids is 1. The van der Waals surface area contributed by atoms with Crippen LogP contribution in [0.2, 0.25) is 0 Å². The van der Waals surface area contributed by atoms with E-state index in [4.69, 9.17) is 0 Å². The Hall–Kier alpha value is -0.790. The monoisotopic (exact) mass is 434 g/mol. The van der Waals surface area contributed by atoms with Gasteiger partial charge in [-0.3, -0.25) is 0 Å². The molecular weight excluding hydrogens is 392 g/mol. The zero-order chi connectivity index (χ0) is 21.5. The maximum Gasteiger partial charge on any atom is 0.330 e. The molecule has 8 rings (SSSR count). The molecule has 2 nitrogen and oxygen atoms in total. The summed E-state index contributed by atoms with van der Waals surface area (Å²) in [6.07, 6.45) is 17.3. The van der Waals surface area contributed by atoms with E-state index in [9.17, 15) is 9.90 Å². The van der Waals surface area contributed by atoms with Crippen molar-refractivity contribution in [2.45, 2.75) is 78.1 Å². The predicted octanol–water partition coefficient (Wildman–Crippen LogP) is 6.66. The van der Waals surface area contributed by atoms with Crippen molar-refractivity contribution in [3.8, 4) is 0 Å². The van der Waals surface area contributed by atoms with Gasteiger partial charge in [0.2, 0.25) is 0 Å². The first-order chi connectivity index (χ1) is 15.4. The number of carboxylic acids is 1. The summed E-state index contributed by atoms with van der Waals surface area (Å²) in [5.41, 5.74) is 0.744. The third kappa shape index (κ3) is 2.23. The van der Waals surface area contributed by atoms with Gasteiger partial charge in [-0.15, -0.1) is 0 Å². The summed E-state index contributed by atoms with van der Waals surface area (Å²) in [7, 11) is 0. The summed E-state index contributed by atoms with van der Waals surface area (Å²) in [6.45, 7) is 4.46. The molecule has 1 N–H and O–H groups in total. The van der Waals surface area contributed by atoms with Gasteiger partial charge < -0.3 is 5.11 Å². The molecule has 0 spiro atoms. The Labute approximate surface area is 194 Å². The average Bonchev–Trinajstić information content (AvgIpc) is 3.63. The second-order valence-electron chi connectivity index (χ2n) is 14.5. The second-order valence-corrected chi connectivity index (χ2v) is 14.5. The Morgan fingerprint density at radius 1 is 0.688 bits per heavy atom. The number of allylic oxidation sites excluding steroid dienone is 1. The van der Waals surface area contributed by atoms with Crippen LogP contribution in [0.3, 0.4) is 0 Å². The Balaban J connectivity index is 1.17. The number of carboxylic acid groups (broad SMARTS) is 1. The highest BCUT2D eigenvalue weighted by molar-refractivity contribution is 5.85. The van der Waals surface area contributed by atoms with Crippen LogP contribution in [0, 0.1) is 88.3 Å². The standard InChI is InChI=1S/C30H42O2/c1-14(29(31)32)13-30(2,23-11-19-9-21(23)27-17-5-3-15(7-17)25(19)27)24-12-20-10-22(24)28-18-6-4-16(8-18)26(20)28/h13,15-28H,3-12H2,1-2H3,(H,31,32). The van der Waals surface area contributed by atoms with Crippen molar-refractivity contribution in [3.63, 3.8) is 0 Å². The first kappa shape index (κ1) is 19.5. The van der Waals surface area contributed by atoms with Crippen LogP contribution in [0.25, 0.3) is 0 Å². The molecule has 8 saturated carbocycles. The highest BCUT2D eigenvalue weighted by Crippen LogP contribution is 2.76. The van der Waals surface area contributed by atoms with Crippen LogP contribution in [-0.4, -0.2) is 11.1 Å². The van der Waals surface area contributed by atoms with E-state index < -0.39 is 5.97 Å². The van der Waals surface area contributed by atoms with E-state index in [1.807, 2.05) is 6.92 Å². The van der Waals surface area contributed by atoms with Crippen LogP contribution in [0.5, 0.6) is 0 Å². The number of hydrogen-bond donors (Lipinski definition) is 1. The van der Waals surface area contributed by atoms with Gasteiger partial charge in [-0.1, -0.05) is 13.0 Å². The van der Waals surface area contributed by atoms with Crippen LogP contribution >= 0.6 is 0 Å². The Morgan fingerprint density at radius 2 is 1.12 bits per heavy atom. The lowest BCUT2D eigenvalue weighted by Crippen LogP contribution is -2.47. The lowest BCUT2D eigenvalue weighted by atomic mass is 9.52. The van der Waals surface area contributed by atoms with E-state index in [-0.39, 0.29) is 5.41 Å². The topological polar surface area (TPSA) is 37.3 Å². The minimum absolute atomic E-state index is 0.112. The van der Waals surface area contributed by atoms with E-state index in [1.54, 1.807) is 0 Å². The molecule has 14 atom stereocenters. The van der Waals surface area contributed by atoms with Crippen molar-refractivity contribution in [3.05, 3.63) is 11.6 Å². The molecule has 0 saturated heterocycles. The molecule has 8 fully saturated rings. The molecule has 2 heteroatoms. The van der Waals surface area contributed by atoms with Crippen molar-refractivity contribution in [2.24, 2.45) is 88.3 Å². The fourth-order valence-electron chi connectivity index (χ4n) is 13.6. The quantitative estimate of drug-likeness (QED) is 0.397. The normalized spacial score (nSPS) is 60.2. The lowest BCUT2D eigenvalue weighted by molar-refractivity contribution is -0.132. The van der Waals surface area contributed by atoms with Crippen LogP contribution in [-0.2, 0) is 4.79 Å². The van der Waals surface area contributed by atoms with Crippen molar-refractivity contribution in [2.75, 3.05) is 0 Å². The van der Waals surface area contributed by atoms with Crippen molar-refractivity contribution in [1.82, 2.24) is 0 Å². The van der Waals surface area contributed by atoms with E-state index in [2.05, 4.69) is 13.0 Å². The summed E-state index contributed by atoms with van der Waals surface area (Å²) >= 11 is 0. The summed E-state index contributed by atoms with van der Waals surface area (Å²) in [4.78, 5) is 12.0. The van der Waals surface area contributed by atoms with E-state index in [0.717, 1.165) is 82.9 Å². The molecule has 0 heterocycles. The van der Waals surface area contributed by atoms with Gasteiger partial charge in [0.1, 0.15) is 0 Å². The van der Waals surface area contributed by atoms with Gasteiger partial charge in [-0.2, -0.15) is 0 Å². The van der Waals surface area contributed by atoms with E-state index >= 15 is 0 Å². The zero-order valence-corrected chi connectivity index (χ0v) is 20.1. The third-order valence-electron chi connectivity index (χ3n) is 13.9. The highest BCUT2D eigenvalue weighted by Gasteiger charge is 2.69. The fourth-order valence-corrected chi connectivity index (χ4v) is 13.6. The predicted molar refractivity (Wildman–Crippen MR) is 125 cm³/mol. The zero-order valence-electron chi connectivity index (χ0n) is 20.1. The lowest BCUT2D eigenvalue weighted by Gasteiger charge is -2.52. The second kappa shape index (κ2) is 6.25. The Morgan fingerprint density at radius 3 is 1.56 bits per heavy atom. The molecule has 0 aliphatic heterocycles. The molecular formula is C30H42O2. The molecule has 174 valence electrons. The van der Waals surface area contributed by atoms with Crippen molar-refractivity contribution >= 4 is 5.97 Å². The maximum atomic E-state index is 12.0. The maximum absolute atomic E-state index is 12.0. The van der Waals surface area contributed by atoms with E-state index in [0.29, 0.717) is 5.57 Å². The molecule has 0 aromatic heterocycles. The SMILES string of the molecule is CC(=CC(C)(C1CC2CC1C1C3CCC(C3)C21)C1CC2CC1C1C3CCC(C3)C21)C(=O)O. The van der Waals surface area contributed by atoms with Gasteiger partial charge >= 0.3 is 5.97 Å². The number of fused-ring (bicyclic) bond motifs is 18. The van der Waals surface area contributed by atoms with Gasteiger partial charge in [-0.25, -0.2) is 4.79 Å². The number of hydrogen-bond acceptors (Lipinski definition) is 1. The van der Waals surface area contributed by atoms with Crippen molar-refractivity contribution < 1.29 is 9.90 Å². The van der Waals surface area contributed by atoms with Gasteiger partial charge in [0.25, 0.3) is 0 Å². The van der Waals surface area contributed by atoms with Gasteiger partial charge in [-0.05, 0) is 159 Å². The summed E-state index contributed by atoms with van der Waals surface area (Å²) < 4.78 is 0. The average molecular weight is 435 g/mol. The molecule has 14 unspecified atom stereocenters. The van der Waals surface area contributed by atoms with Crippen LogP contribution in [0.15, 0.2) is 11.6 Å². The summed E-state index contributed by atoms with van der Waals surface area (Å²) in [5.74, 6) is 12.8. The van der Waals surface area contributed by atoms with E-state index in [1.165, 1.54) is 64.2 Å². The van der Waals surface area contributed by atoms with Crippen LogP contribution in [0.1, 0.15) is 78.1 Å². The largest absolute Gasteiger partial charge is 0.478 e. The summed E-state index contributed by atoms with van der Waals surface area (Å²) in [5, 5.41) is 9.90. The first-order valence-electron chi connectivity index (χ1n) is 14.4. The van der Waals surface area contributed by atoms with Gasteiger partial charge in [0.15, 0.2) is 0 Å². The fraction of sp³-hybridized carbons (Fsp3) is 0.900. The number of rotatable bonds is 4. The van der Waals surface area contributed by atoms with Crippen molar-refractivity contribution in [1.29, 1.82) is 0 Å². The molecule has 32 heavy (non-hydrogen) atoms.